The van der Waals surface area contributed by atoms with E-state index in [1.807, 2.05) is 12.1 Å². The molecule has 0 aliphatic carbocycles. The molecule has 3 heteroatoms. The van der Waals surface area contributed by atoms with Gasteiger partial charge in [-0.2, -0.15) is 0 Å². The van der Waals surface area contributed by atoms with E-state index in [0.29, 0.717) is 19.3 Å². The Balaban J connectivity index is 2.49. The third-order valence-electron chi connectivity index (χ3n) is 2.40. The van der Waals surface area contributed by atoms with Crippen LogP contribution in [0.5, 0.6) is 0 Å². The van der Waals surface area contributed by atoms with Gasteiger partial charge in [-0.25, -0.2) is 0 Å². The van der Waals surface area contributed by atoms with Crippen molar-refractivity contribution in [3.8, 4) is 0 Å². The molecule has 0 aliphatic rings. The van der Waals surface area contributed by atoms with Gasteiger partial charge < -0.3 is 10.5 Å². The average Bonchev–Trinajstić information content (AvgIpc) is 2.27. The molecule has 1 atom stereocenters. The third-order valence-corrected chi connectivity index (χ3v) is 2.40. The van der Waals surface area contributed by atoms with Gasteiger partial charge in [-0.1, -0.05) is 19.4 Å². The third kappa shape index (κ3) is 3.98. The van der Waals surface area contributed by atoms with Crippen molar-refractivity contribution >= 4 is 0 Å². The van der Waals surface area contributed by atoms with E-state index in [1.165, 1.54) is 0 Å². The smallest absolute Gasteiger partial charge is 0.0738 e. The normalized spacial score (nSPS) is 12.7. The highest BCUT2D eigenvalue weighted by Gasteiger charge is 2.04. The quantitative estimate of drug-likeness (QED) is 0.780. The van der Waals surface area contributed by atoms with E-state index in [2.05, 4.69) is 18.8 Å². The van der Waals surface area contributed by atoms with Crippen LogP contribution in [0.3, 0.4) is 0 Å². The highest BCUT2D eigenvalue weighted by molar-refractivity contribution is 5.18. The van der Waals surface area contributed by atoms with E-state index >= 15 is 0 Å². The fourth-order valence-corrected chi connectivity index (χ4v) is 1.51. The fraction of sp³-hybridized carbons (Fsp3) is 0.583. The molecule has 0 saturated carbocycles. The molecule has 1 aromatic heterocycles. The van der Waals surface area contributed by atoms with Crippen molar-refractivity contribution in [2.24, 2.45) is 5.73 Å². The first-order valence-electron chi connectivity index (χ1n) is 5.52. The number of aromatic nitrogens is 1. The van der Waals surface area contributed by atoms with Gasteiger partial charge in [0, 0.05) is 18.3 Å². The topological polar surface area (TPSA) is 48.1 Å². The summed E-state index contributed by atoms with van der Waals surface area (Å²) in [5, 5.41) is 0. The van der Waals surface area contributed by atoms with Crippen LogP contribution < -0.4 is 5.73 Å². The van der Waals surface area contributed by atoms with E-state index < -0.39 is 0 Å². The molecule has 15 heavy (non-hydrogen) atoms. The van der Waals surface area contributed by atoms with Crippen molar-refractivity contribution in [3.05, 3.63) is 29.6 Å². The van der Waals surface area contributed by atoms with Gasteiger partial charge in [0.15, 0.2) is 0 Å². The van der Waals surface area contributed by atoms with Gasteiger partial charge in [0.2, 0.25) is 0 Å². The Bertz CT molecular complexity index is 289. The zero-order valence-electron chi connectivity index (χ0n) is 9.57. The molecule has 0 radical (unpaired) electrons. The summed E-state index contributed by atoms with van der Waals surface area (Å²) in [4.78, 5) is 4.22. The van der Waals surface area contributed by atoms with E-state index in [-0.39, 0.29) is 0 Å². The Labute approximate surface area is 91.7 Å². The standard InChI is InChI=1S/C12H20N2O/c1-3-5-10(2)15-9-11-6-4-7-14-12(11)8-13/h4,6-7,10H,3,5,8-9,13H2,1-2H3. The number of nitrogens with two attached hydrogens (primary N) is 1. The molecule has 1 heterocycles. The van der Waals surface area contributed by atoms with E-state index in [4.69, 9.17) is 10.5 Å². The van der Waals surface area contributed by atoms with E-state index in [1.54, 1.807) is 6.20 Å². The van der Waals surface area contributed by atoms with E-state index in [0.717, 1.165) is 24.1 Å². The molecule has 0 saturated heterocycles. The Morgan fingerprint density at radius 3 is 3.00 bits per heavy atom. The van der Waals surface area contributed by atoms with Crippen LogP contribution in [0, 0.1) is 0 Å². The van der Waals surface area contributed by atoms with Crippen molar-refractivity contribution < 1.29 is 4.74 Å². The van der Waals surface area contributed by atoms with Crippen LogP contribution in [0.1, 0.15) is 37.9 Å². The number of nitrogens with zero attached hydrogens (tertiary/aromatic N) is 1. The Morgan fingerprint density at radius 1 is 1.53 bits per heavy atom. The van der Waals surface area contributed by atoms with Gasteiger partial charge in [0.05, 0.1) is 18.4 Å². The van der Waals surface area contributed by atoms with Gasteiger partial charge in [-0.15, -0.1) is 0 Å². The molecule has 1 unspecified atom stereocenters. The SMILES string of the molecule is CCCC(C)OCc1cccnc1CN. The predicted octanol–water partition coefficient (Wildman–Crippen LogP) is 2.25. The largest absolute Gasteiger partial charge is 0.374 e. The molecule has 0 bridgehead atoms. The summed E-state index contributed by atoms with van der Waals surface area (Å²) in [6.07, 6.45) is 4.32. The second-order valence-electron chi connectivity index (χ2n) is 3.72. The lowest BCUT2D eigenvalue weighted by Crippen LogP contribution is -2.10. The van der Waals surface area contributed by atoms with Gasteiger partial charge in [-0.05, 0) is 19.4 Å². The number of ether oxygens (including phenoxy) is 1. The predicted molar refractivity (Wildman–Crippen MR) is 61.3 cm³/mol. The van der Waals surface area contributed by atoms with Crippen LogP contribution in [0.4, 0.5) is 0 Å². The van der Waals surface area contributed by atoms with Crippen molar-refractivity contribution in [3.63, 3.8) is 0 Å². The van der Waals surface area contributed by atoms with Gasteiger partial charge in [0.25, 0.3) is 0 Å². The maximum Gasteiger partial charge on any atom is 0.0738 e. The maximum absolute atomic E-state index is 5.72. The molecule has 2 N–H and O–H groups in total. The first-order valence-corrected chi connectivity index (χ1v) is 5.52. The van der Waals surface area contributed by atoms with Crippen molar-refractivity contribution in [2.75, 3.05) is 0 Å². The lowest BCUT2D eigenvalue weighted by Gasteiger charge is -2.13. The molecule has 3 nitrogen and oxygen atoms in total. The second-order valence-corrected chi connectivity index (χ2v) is 3.72. The first-order chi connectivity index (χ1) is 7.27. The Morgan fingerprint density at radius 2 is 2.33 bits per heavy atom. The molecule has 0 amide bonds. The van der Waals surface area contributed by atoms with Crippen LogP contribution in [0.15, 0.2) is 18.3 Å². The van der Waals surface area contributed by atoms with Gasteiger partial charge in [-0.3, -0.25) is 4.98 Å². The highest BCUT2D eigenvalue weighted by atomic mass is 16.5. The maximum atomic E-state index is 5.72. The minimum atomic E-state index is 0.306. The van der Waals surface area contributed by atoms with Crippen LogP contribution in [0.2, 0.25) is 0 Å². The Hall–Kier alpha value is -0.930. The van der Waals surface area contributed by atoms with Crippen molar-refractivity contribution in [1.82, 2.24) is 4.98 Å². The van der Waals surface area contributed by atoms with Crippen LogP contribution in [-0.4, -0.2) is 11.1 Å². The molecular formula is C12H20N2O. The van der Waals surface area contributed by atoms with Crippen LogP contribution in [-0.2, 0) is 17.9 Å². The van der Waals surface area contributed by atoms with Gasteiger partial charge in [0.1, 0.15) is 0 Å². The number of rotatable bonds is 6. The van der Waals surface area contributed by atoms with Crippen LogP contribution in [0.25, 0.3) is 0 Å². The fourth-order valence-electron chi connectivity index (χ4n) is 1.51. The second kappa shape index (κ2) is 6.53. The zero-order chi connectivity index (χ0) is 11.1. The average molecular weight is 208 g/mol. The molecule has 0 spiro atoms. The molecule has 0 aromatic carbocycles. The molecule has 1 rings (SSSR count). The first kappa shape index (κ1) is 12.1. The summed E-state index contributed by atoms with van der Waals surface area (Å²) < 4.78 is 5.72. The van der Waals surface area contributed by atoms with Crippen molar-refractivity contribution in [2.45, 2.75) is 45.9 Å². The van der Waals surface area contributed by atoms with Crippen LogP contribution >= 0.6 is 0 Å². The lowest BCUT2D eigenvalue weighted by molar-refractivity contribution is 0.0466. The molecule has 0 aliphatic heterocycles. The molecule has 0 fully saturated rings. The lowest BCUT2D eigenvalue weighted by atomic mass is 10.2. The number of pyridine rings is 1. The summed E-state index contributed by atoms with van der Waals surface area (Å²) in [5.41, 5.74) is 7.63. The molecule has 1 aromatic rings. The number of hydrogen-bond donors (Lipinski definition) is 1. The monoisotopic (exact) mass is 208 g/mol. The summed E-state index contributed by atoms with van der Waals surface area (Å²) in [6, 6.07) is 3.94. The zero-order valence-corrected chi connectivity index (χ0v) is 9.57. The summed E-state index contributed by atoms with van der Waals surface area (Å²) in [6.45, 7) is 5.35. The summed E-state index contributed by atoms with van der Waals surface area (Å²) in [7, 11) is 0. The summed E-state index contributed by atoms with van der Waals surface area (Å²) in [5.74, 6) is 0. The highest BCUT2D eigenvalue weighted by Crippen LogP contribution is 2.09. The Kier molecular flexibility index (Phi) is 5.29. The summed E-state index contributed by atoms with van der Waals surface area (Å²) >= 11 is 0. The van der Waals surface area contributed by atoms with Crippen molar-refractivity contribution in [1.29, 1.82) is 0 Å². The minimum absolute atomic E-state index is 0.306. The molecule has 84 valence electrons. The van der Waals surface area contributed by atoms with E-state index in [9.17, 15) is 0 Å². The van der Waals surface area contributed by atoms with Gasteiger partial charge >= 0.3 is 0 Å². The minimum Gasteiger partial charge on any atom is -0.374 e. The molecular weight excluding hydrogens is 188 g/mol. The number of hydrogen-bond acceptors (Lipinski definition) is 3.